The van der Waals surface area contributed by atoms with Crippen molar-refractivity contribution in [1.29, 1.82) is 0 Å². The van der Waals surface area contributed by atoms with Gasteiger partial charge >= 0.3 is 0 Å². The van der Waals surface area contributed by atoms with Gasteiger partial charge < -0.3 is 20.1 Å². The number of nitrogens with one attached hydrogen (secondary N) is 1. The van der Waals surface area contributed by atoms with Crippen molar-refractivity contribution >= 4 is 23.4 Å². The van der Waals surface area contributed by atoms with Gasteiger partial charge in [-0.05, 0) is 54.7 Å². The van der Waals surface area contributed by atoms with Crippen molar-refractivity contribution in [3.63, 3.8) is 0 Å². The van der Waals surface area contributed by atoms with Crippen LogP contribution >= 0.6 is 11.6 Å². The predicted octanol–water partition coefficient (Wildman–Crippen LogP) is 4.56. The normalized spacial score (nSPS) is 16.0. The third-order valence-corrected chi connectivity index (χ3v) is 6.44. The lowest BCUT2D eigenvalue weighted by Gasteiger charge is -2.26. The molecule has 3 aromatic carbocycles. The van der Waals surface area contributed by atoms with E-state index in [2.05, 4.69) is 5.32 Å². The molecular weight excluding hydrogens is 483 g/mol. The average molecular weight is 511 g/mol. The minimum atomic E-state index is -0.716. The molecule has 2 atom stereocenters. The molecule has 0 spiro atoms. The SMILES string of the molecule is O=C(COc1cccc(F)c1C(=O)N1CCCC1c1cccc(Cl)c1)N[C@H](CO)Cc1ccccc1. The van der Waals surface area contributed by atoms with E-state index in [4.69, 9.17) is 16.3 Å². The van der Waals surface area contributed by atoms with Crippen molar-refractivity contribution < 1.29 is 23.8 Å². The van der Waals surface area contributed by atoms with E-state index in [1.807, 2.05) is 48.5 Å². The fourth-order valence-electron chi connectivity index (χ4n) is 4.52. The van der Waals surface area contributed by atoms with Crippen LogP contribution in [-0.2, 0) is 11.2 Å². The second-order valence-corrected chi connectivity index (χ2v) is 9.19. The van der Waals surface area contributed by atoms with Gasteiger partial charge in [-0.15, -0.1) is 0 Å². The predicted molar refractivity (Wildman–Crippen MR) is 136 cm³/mol. The first-order valence-corrected chi connectivity index (χ1v) is 12.3. The summed E-state index contributed by atoms with van der Waals surface area (Å²) in [6, 6.07) is 20.2. The zero-order valence-electron chi connectivity index (χ0n) is 19.7. The summed E-state index contributed by atoms with van der Waals surface area (Å²) in [7, 11) is 0. The van der Waals surface area contributed by atoms with E-state index in [-0.39, 0.29) is 24.0 Å². The Labute approximate surface area is 214 Å². The number of likely N-dealkylation sites (tertiary alicyclic amines) is 1. The van der Waals surface area contributed by atoms with Crippen LogP contribution in [0.4, 0.5) is 4.39 Å². The Morgan fingerprint density at radius 3 is 2.64 bits per heavy atom. The third kappa shape index (κ3) is 6.22. The maximum Gasteiger partial charge on any atom is 0.261 e. The fraction of sp³-hybridized carbons (Fsp3) is 0.286. The van der Waals surface area contributed by atoms with Crippen LogP contribution in [-0.4, -0.2) is 47.6 Å². The van der Waals surface area contributed by atoms with E-state index < -0.39 is 30.3 Å². The molecule has 1 heterocycles. The number of nitrogens with zero attached hydrogens (tertiary/aromatic N) is 1. The van der Waals surface area contributed by atoms with Crippen LogP contribution in [0.1, 0.15) is 40.4 Å². The summed E-state index contributed by atoms with van der Waals surface area (Å²) in [6.07, 6.45) is 1.97. The van der Waals surface area contributed by atoms with Gasteiger partial charge in [0.05, 0.1) is 18.7 Å². The molecule has 2 N–H and O–H groups in total. The van der Waals surface area contributed by atoms with Crippen molar-refractivity contribution in [2.45, 2.75) is 31.3 Å². The largest absolute Gasteiger partial charge is 0.483 e. The van der Waals surface area contributed by atoms with Gasteiger partial charge in [-0.1, -0.05) is 60.1 Å². The molecule has 1 aliphatic rings. The van der Waals surface area contributed by atoms with E-state index in [1.54, 1.807) is 11.0 Å². The first-order valence-electron chi connectivity index (χ1n) is 11.9. The molecule has 1 fully saturated rings. The second kappa shape index (κ2) is 12.0. The first-order chi connectivity index (χ1) is 17.5. The highest BCUT2D eigenvalue weighted by molar-refractivity contribution is 6.30. The lowest BCUT2D eigenvalue weighted by Crippen LogP contribution is -2.41. The van der Waals surface area contributed by atoms with Crippen molar-refractivity contribution in [1.82, 2.24) is 10.2 Å². The number of hydrogen-bond acceptors (Lipinski definition) is 4. The van der Waals surface area contributed by atoms with Gasteiger partial charge in [0.1, 0.15) is 17.1 Å². The number of hydrogen-bond donors (Lipinski definition) is 2. The van der Waals surface area contributed by atoms with Gasteiger partial charge in [-0.3, -0.25) is 9.59 Å². The van der Waals surface area contributed by atoms with Crippen molar-refractivity contribution in [3.8, 4) is 5.75 Å². The van der Waals surface area contributed by atoms with E-state index in [9.17, 15) is 19.1 Å². The number of aliphatic hydroxyl groups is 1. The van der Waals surface area contributed by atoms with Crippen LogP contribution in [0.3, 0.4) is 0 Å². The van der Waals surface area contributed by atoms with E-state index >= 15 is 0 Å². The zero-order chi connectivity index (χ0) is 25.5. The Bertz CT molecular complexity index is 1210. The van der Waals surface area contributed by atoms with Crippen LogP contribution in [0.5, 0.6) is 5.75 Å². The number of amides is 2. The topological polar surface area (TPSA) is 78.9 Å². The maximum absolute atomic E-state index is 14.9. The Morgan fingerprint density at radius 2 is 1.89 bits per heavy atom. The standard InChI is InChI=1S/C28H28ClFN2O4/c29-21-10-4-9-20(16-21)24-12-6-14-32(24)28(35)27-23(30)11-5-13-25(27)36-18-26(34)31-22(17-33)15-19-7-2-1-3-8-19/h1-5,7-11,13,16,22,24,33H,6,12,14-15,17-18H2,(H,31,34)/t22-,24?/m0/s1. The number of ether oxygens (including phenoxy) is 1. The summed E-state index contributed by atoms with van der Waals surface area (Å²) < 4.78 is 20.5. The molecule has 6 nitrogen and oxygen atoms in total. The summed E-state index contributed by atoms with van der Waals surface area (Å²) in [5.74, 6) is -1.70. The summed E-state index contributed by atoms with van der Waals surface area (Å²) >= 11 is 6.14. The van der Waals surface area contributed by atoms with Gasteiger partial charge in [-0.25, -0.2) is 4.39 Å². The smallest absolute Gasteiger partial charge is 0.261 e. The van der Waals surface area contributed by atoms with E-state index in [0.717, 1.165) is 24.0 Å². The van der Waals surface area contributed by atoms with Crippen LogP contribution in [0.25, 0.3) is 0 Å². The minimum Gasteiger partial charge on any atom is -0.483 e. The molecule has 0 radical (unpaired) electrons. The molecule has 0 saturated carbocycles. The quantitative estimate of drug-likeness (QED) is 0.442. The molecule has 2 amide bonds. The first kappa shape index (κ1) is 25.7. The number of carbonyl (C=O) groups is 2. The number of benzene rings is 3. The highest BCUT2D eigenvalue weighted by Crippen LogP contribution is 2.36. The maximum atomic E-state index is 14.9. The Morgan fingerprint density at radius 1 is 1.11 bits per heavy atom. The Hall–Kier alpha value is -3.42. The Kier molecular flexibility index (Phi) is 8.57. The van der Waals surface area contributed by atoms with Gasteiger partial charge in [0.2, 0.25) is 0 Å². The third-order valence-electron chi connectivity index (χ3n) is 6.21. The summed E-state index contributed by atoms with van der Waals surface area (Å²) in [5, 5.41) is 13.0. The minimum absolute atomic E-state index is 0.00416. The van der Waals surface area contributed by atoms with Crippen LogP contribution in [0.2, 0.25) is 5.02 Å². The summed E-state index contributed by atoms with van der Waals surface area (Å²) in [5.41, 5.74) is 1.65. The molecule has 1 unspecified atom stereocenters. The Balaban J connectivity index is 1.45. The zero-order valence-corrected chi connectivity index (χ0v) is 20.5. The van der Waals surface area contributed by atoms with Crippen molar-refractivity contribution in [3.05, 3.63) is 100 Å². The molecule has 4 rings (SSSR count). The number of rotatable bonds is 9. The summed E-state index contributed by atoms with van der Waals surface area (Å²) in [6.45, 7) is -0.196. The molecule has 0 bridgehead atoms. The van der Waals surface area contributed by atoms with Crippen LogP contribution < -0.4 is 10.1 Å². The number of aliphatic hydroxyl groups excluding tert-OH is 1. The molecule has 36 heavy (non-hydrogen) atoms. The van der Waals surface area contributed by atoms with E-state index in [1.165, 1.54) is 18.2 Å². The van der Waals surface area contributed by atoms with Crippen LogP contribution in [0, 0.1) is 5.82 Å². The van der Waals surface area contributed by atoms with Crippen molar-refractivity contribution in [2.75, 3.05) is 19.8 Å². The van der Waals surface area contributed by atoms with Gasteiger partial charge in [0, 0.05) is 11.6 Å². The highest BCUT2D eigenvalue weighted by Gasteiger charge is 2.33. The molecule has 1 aliphatic heterocycles. The number of halogens is 2. The van der Waals surface area contributed by atoms with Gasteiger partial charge in [0.15, 0.2) is 6.61 Å². The molecule has 1 saturated heterocycles. The molecule has 3 aromatic rings. The monoisotopic (exact) mass is 510 g/mol. The van der Waals surface area contributed by atoms with Gasteiger partial charge in [-0.2, -0.15) is 0 Å². The van der Waals surface area contributed by atoms with E-state index in [0.29, 0.717) is 18.0 Å². The highest BCUT2D eigenvalue weighted by atomic mass is 35.5. The fourth-order valence-corrected chi connectivity index (χ4v) is 4.72. The van der Waals surface area contributed by atoms with Crippen LogP contribution in [0.15, 0.2) is 72.8 Å². The molecule has 188 valence electrons. The summed E-state index contributed by atoms with van der Waals surface area (Å²) in [4.78, 5) is 27.6. The van der Waals surface area contributed by atoms with Crippen molar-refractivity contribution in [2.24, 2.45) is 0 Å². The lowest BCUT2D eigenvalue weighted by molar-refractivity contribution is -0.124. The lowest BCUT2D eigenvalue weighted by atomic mass is 10.0. The average Bonchev–Trinajstić information content (AvgIpc) is 3.37. The molecule has 8 heteroatoms. The molecule has 0 aromatic heterocycles. The molecule has 0 aliphatic carbocycles. The van der Waals surface area contributed by atoms with Gasteiger partial charge in [0.25, 0.3) is 11.8 Å². The number of carbonyl (C=O) groups excluding carboxylic acids is 2. The second-order valence-electron chi connectivity index (χ2n) is 8.75. The molecular formula is C28H28ClFN2O4.